The van der Waals surface area contributed by atoms with E-state index in [4.69, 9.17) is 14.2 Å². The summed E-state index contributed by atoms with van der Waals surface area (Å²) in [5.41, 5.74) is -0.394. The first kappa shape index (κ1) is 20.9. The number of carbonyl (C=O) groups excluding carboxylic acids is 3. The summed E-state index contributed by atoms with van der Waals surface area (Å²) in [4.78, 5) is 34.9. The van der Waals surface area contributed by atoms with Gasteiger partial charge in [-0.1, -0.05) is 20.4 Å². The molecule has 0 radical (unpaired) electrons. The molecule has 23 heavy (non-hydrogen) atoms. The fourth-order valence-corrected chi connectivity index (χ4v) is 1.42. The molecule has 1 atom stereocenters. The predicted molar refractivity (Wildman–Crippen MR) is 84.7 cm³/mol. The van der Waals surface area contributed by atoms with Crippen molar-refractivity contribution in [3.8, 4) is 0 Å². The largest absolute Gasteiger partial charge is 0.461 e. The fraction of sp³-hybridized carbons (Fsp3) is 0.688. The molecule has 0 saturated heterocycles. The molecule has 0 aromatic heterocycles. The van der Waals surface area contributed by atoms with Crippen molar-refractivity contribution in [2.24, 2.45) is 5.92 Å². The van der Waals surface area contributed by atoms with E-state index < -0.39 is 29.7 Å². The Kier molecular flexibility index (Phi) is 8.35. The number of hydrogen-bond donors (Lipinski definition) is 1. The number of nitrogens with one attached hydrogen (secondary N) is 1. The smallest absolute Gasteiger partial charge is 0.408 e. The van der Waals surface area contributed by atoms with Gasteiger partial charge in [0.05, 0.1) is 0 Å². The first-order valence-electron chi connectivity index (χ1n) is 7.43. The van der Waals surface area contributed by atoms with Crippen LogP contribution in [0.4, 0.5) is 4.79 Å². The predicted octanol–water partition coefficient (Wildman–Crippen LogP) is 2.20. The van der Waals surface area contributed by atoms with Crippen LogP contribution in [0.2, 0.25) is 0 Å². The Hall–Kier alpha value is -2.05. The highest BCUT2D eigenvalue weighted by atomic mass is 16.6. The van der Waals surface area contributed by atoms with Crippen LogP contribution in [0.25, 0.3) is 0 Å². The second-order valence-corrected chi connectivity index (χ2v) is 6.45. The Labute approximate surface area is 137 Å². The Morgan fingerprint density at radius 2 is 1.61 bits per heavy atom. The first-order chi connectivity index (χ1) is 10.4. The monoisotopic (exact) mass is 329 g/mol. The van der Waals surface area contributed by atoms with Crippen molar-refractivity contribution in [2.45, 2.75) is 53.2 Å². The standard InChI is InChI=1S/C16H27NO6/c1-10(2)12(17-15(20)23-16(5,6)7)14(19)22-9-8-21-13(18)11(3)4/h10,12H,3,8-9H2,1-2,4-7H3,(H,17,20)/t12-/m0/s1. The Morgan fingerprint density at radius 3 is 2.04 bits per heavy atom. The molecule has 0 fully saturated rings. The molecule has 1 N–H and O–H groups in total. The van der Waals surface area contributed by atoms with Gasteiger partial charge in [-0.2, -0.15) is 0 Å². The average Bonchev–Trinajstić information content (AvgIpc) is 2.37. The van der Waals surface area contributed by atoms with E-state index >= 15 is 0 Å². The van der Waals surface area contributed by atoms with Gasteiger partial charge >= 0.3 is 18.0 Å². The zero-order valence-corrected chi connectivity index (χ0v) is 14.7. The van der Waals surface area contributed by atoms with E-state index in [0.717, 1.165) is 0 Å². The highest BCUT2D eigenvalue weighted by molar-refractivity contribution is 5.87. The van der Waals surface area contributed by atoms with E-state index in [1.54, 1.807) is 34.6 Å². The van der Waals surface area contributed by atoms with Crippen LogP contribution in [0.3, 0.4) is 0 Å². The van der Waals surface area contributed by atoms with Crippen LogP contribution in [0, 0.1) is 5.92 Å². The van der Waals surface area contributed by atoms with Gasteiger partial charge in [-0.05, 0) is 33.6 Å². The molecule has 1 amide bonds. The molecule has 0 spiro atoms. The molecule has 132 valence electrons. The summed E-state index contributed by atoms with van der Waals surface area (Å²) >= 11 is 0. The van der Waals surface area contributed by atoms with E-state index in [2.05, 4.69) is 11.9 Å². The SMILES string of the molecule is C=C(C)C(=O)OCCOC(=O)[C@@H](NC(=O)OC(C)(C)C)C(C)C. The molecule has 0 aromatic carbocycles. The van der Waals surface area contributed by atoms with Gasteiger partial charge in [0.1, 0.15) is 24.9 Å². The molecule has 0 saturated carbocycles. The molecule has 0 heterocycles. The first-order valence-corrected chi connectivity index (χ1v) is 7.43. The second kappa shape index (κ2) is 9.17. The lowest BCUT2D eigenvalue weighted by Crippen LogP contribution is -2.47. The third-order valence-corrected chi connectivity index (χ3v) is 2.50. The number of hydrogen-bond acceptors (Lipinski definition) is 6. The minimum atomic E-state index is -0.846. The van der Waals surface area contributed by atoms with E-state index in [1.807, 2.05) is 0 Å². The Bertz CT molecular complexity index is 450. The molecule has 0 rings (SSSR count). The van der Waals surface area contributed by atoms with Crippen molar-refractivity contribution >= 4 is 18.0 Å². The van der Waals surface area contributed by atoms with Gasteiger partial charge in [0, 0.05) is 5.57 Å². The maximum Gasteiger partial charge on any atom is 0.408 e. The summed E-state index contributed by atoms with van der Waals surface area (Å²) in [5, 5.41) is 2.48. The maximum absolute atomic E-state index is 12.0. The third kappa shape index (κ3) is 9.55. The van der Waals surface area contributed by atoms with Gasteiger partial charge in [0.25, 0.3) is 0 Å². The van der Waals surface area contributed by atoms with Crippen LogP contribution in [0.15, 0.2) is 12.2 Å². The van der Waals surface area contributed by atoms with Crippen LogP contribution in [-0.2, 0) is 23.8 Å². The molecular formula is C16H27NO6. The number of amides is 1. The average molecular weight is 329 g/mol. The van der Waals surface area contributed by atoms with Crippen LogP contribution < -0.4 is 5.32 Å². The molecule has 7 heteroatoms. The molecule has 0 aromatic rings. The van der Waals surface area contributed by atoms with Gasteiger partial charge in [-0.25, -0.2) is 14.4 Å². The fourth-order valence-electron chi connectivity index (χ4n) is 1.42. The quantitative estimate of drug-likeness (QED) is 0.333. The molecule has 0 bridgehead atoms. The van der Waals surface area contributed by atoms with Gasteiger partial charge in [0.15, 0.2) is 0 Å². The van der Waals surface area contributed by atoms with Crippen molar-refractivity contribution in [3.05, 3.63) is 12.2 Å². The van der Waals surface area contributed by atoms with Crippen molar-refractivity contribution in [1.82, 2.24) is 5.32 Å². The Balaban J connectivity index is 4.39. The lowest BCUT2D eigenvalue weighted by atomic mass is 10.1. The lowest BCUT2D eigenvalue weighted by Gasteiger charge is -2.24. The van der Waals surface area contributed by atoms with Crippen LogP contribution in [0.5, 0.6) is 0 Å². The van der Waals surface area contributed by atoms with Gasteiger partial charge in [-0.3, -0.25) is 0 Å². The van der Waals surface area contributed by atoms with E-state index in [-0.39, 0.29) is 24.7 Å². The summed E-state index contributed by atoms with van der Waals surface area (Å²) in [5.74, 6) is -1.35. The summed E-state index contributed by atoms with van der Waals surface area (Å²) in [7, 11) is 0. The van der Waals surface area contributed by atoms with E-state index in [9.17, 15) is 14.4 Å². The zero-order chi connectivity index (χ0) is 18.2. The van der Waals surface area contributed by atoms with Crippen molar-refractivity contribution in [2.75, 3.05) is 13.2 Å². The van der Waals surface area contributed by atoms with Crippen LogP contribution in [0.1, 0.15) is 41.5 Å². The maximum atomic E-state index is 12.0. The van der Waals surface area contributed by atoms with Crippen LogP contribution in [-0.4, -0.2) is 42.9 Å². The Morgan fingerprint density at radius 1 is 1.09 bits per heavy atom. The van der Waals surface area contributed by atoms with Crippen LogP contribution >= 0.6 is 0 Å². The number of ether oxygens (including phenoxy) is 3. The van der Waals surface area contributed by atoms with Crippen molar-refractivity contribution in [3.63, 3.8) is 0 Å². The highest BCUT2D eigenvalue weighted by Crippen LogP contribution is 2.09. The molecule has 0 aliphatic rings. The normalized spacial score (nSPS) is 12.3. The number of alkyl carbamates (subject to hydrolysis) is 1. The topological polar surface area (TPSA) is 90.9 Å². The van der Waals surface area contributed by atoms with Gasteiger partial charge < -0.3 is 19.5 Å². The zero-order valence-electron chi connectivity index (χ0n) is 14.7. The lowest BCUT2D eigenvalue weighted by molar-refractivity contribution is -0.152. The number of carbonyl (C=O) groups is 3. The third-order valence-electron chi connectivity index (χ3n) is 2.50. The van der Waals surface area contributed by atoms with Gasteiger partial charge in [0.2, 0.25) is 0 Å². The minimum absolute atomic E-state index is 0.0747. The summed E-state index contributed by atoms with van der Waals surface area (Å²) in [6, 6.07) is -0.846. The summed E-state index contributed by atoms with van der Waals surface area (Å²) in [6.45, 7) is 13.5. The summed E-state index contributed by atoms with van der Waals surface area (Å²) < 4.78 is 14.9. The molecular weight excluding hydrogens is 302 g/mol. The van der Waals surface area contributed by atoms with Gasteiger partial charge in [-0.15, -0.1) is 0 Å². The second-order valence-electron chi connectivity index (χ2n) is 6.45. The molecule has 0 aliphatic carbocycles. The van der Waals surface area contributed by atoms with E-state index in [1.165, 1.54) is 6.92 Å². The molecule has 7 nitrogen and oxygen atoms in total. The number of rotatable bonds is 7. The van der Waals surface area contributed by atoms with E-state index in [0.29, 0.717) is 0 Å². The van der Waals surface area contributed by atoms with Crippen molar-refractivity contribution < 1.29 is 28.6 Å². The number of esters is 2. The minimum Gasteiger partial charge on any atom is -0.461 e. The molecule has 0 unspecified atom stereocenters. The highest BCUT2D eigenvalue weighted by Gasteiger charge is 2.28. The summed E-state index contributed by atoms with van der Waals surface area (Å²) in [6.07, 6.45) is -0.693. The van der Waals surface area contributed by atoms with Crippen molar-refractivity contribution in [1.29, 1.82) is 0 Å². The molecule has 0 aliphatic heterocycles.